The van der Waals surface area contributed by atoms with Crippen LogP contribution in [0.15, 0.2) is 30.5 Å². The van der Waals surface area contributed by atoms with Crippen LogP contribution in [0.2, 0.25) is 5.02 Å². The quantitative estimate of drug-likeness (QED) is 0.523. The van der Waals surface area contributed by atoms with Gasteiger partial charge in [-0.15, -0.1) is 0 Å². The third kappa shape index (κ3) is 5.60. The molecule has 4 rings (SSSR count). The van der Waals surface area contributed by atoms with Gasteiger partial charge in [0.25, 0.3) is 5.91 Å². The lowest BCUT2D eigenvalue weighted by Crippen LogP contribution is -2.49. The molecule has 35 heavy (non-hydrogen) atoms. The third-order valence-electron chi connectivity index (χ3n) is 6.35. The van der Waals surface area contributed by atoms with E-state index in [0.717, 1.165) is 44.9 Å². The number of aryl methyl sites for hydroxylation is 1. The Bertz CT molecular complexity index is 1200. The number of halogens is 4. The van der Waals surface area contributed by atoms with Gasteiger partial charge in [-0.25, -0.2) is 9.67 Å². The lowest BCUT2D eigenvalue weighted by Gasteiger charge is -2.36. The first-order valence-corrected chi connectivity index (χ1v) is 11.9. The molecule has 0 aliphatic carbocycles. The van der Waals surface area contributed by atoms with Crippen molar-refractivity contribution in [2.45, 2.75) is 39.5 Å². The summed E-state index contributed by atoms with van der Waals surface area (Å²) in [4.78, 5) is 22.1. The van der Waals surface area contributed by atoms with Crippen molar-refractivity contribution in [3.63, 3.8) is 0 Å². The number of hydrogen-bond donors (Lipinski definition) is 1. The molecule has 0 unspecified atom stereocenters. The number of carbonyl (C=O) groups excluding carboxylic acids is 1. The maximum atomic E-state index is 12.8. The first-order valence-electron chi connectivity index (χ1n) is 11.5. The number of pyridine rings is 1. The Hall–Kier alpha value is -2.69. The molecule has 1 saturated heterocycles. The Labute approximate surface area is 206 Å². The number of piperazine rings is 1. The Balaban J connectivity index is 1.46. The van der Waals surface area contributed by atoms with Crippen molar-refractivity contribution < 1.29 is 18.0 Å². The lowest BCUT2D eigenvalue weighted by molar-refractivity contribution is -0.137. The van der Waals surface area contributed by atoms with Gasteiger partial charge in [0, 0.05) is 50.6 Å². The molecular formula is C24H28ClF3N6O. The average molecular weight is 509 g/mol. The monoisotopic (exact) mass is 508 g/mol. The SMILES string of the molecule is Cc1nn(CCN2CCN(C(C)C)CC2)c2ncc(C(=O)Nc3ccc(C(F)(F)F)cc3)c(Cl)c12. The van der Waals surface area contributed by atoms with E-state index in [1.165, 1.54) is 18.3 Å². The lowest BCUT2D eigenvalue weighted by atomic mass is 10.1. The van der Waals surface area contributed by atoms with Crippen LogP contribution < -0.4 is 5.32 Å². The van der Waals surface area contributed by atoms with Gasteiger partial charge in [-0.1, -0.05) is 11.6 Å². The molecule has 1 fully saturated rings. The van der Waals surface area contributed by atoms with Crippen molar-refractivity contribution in [1.29, 1.82) is 0 Å². The molecule has 0 radical (unpaired) electrons. The molecule has 3 heterocycles. The standard InChI is InChI=1S/C24H28ClF3N6O/c1-15(2)33-11-8-32(9-12-33)10-13-34-22-20(16(3)31-34)21(25)19(14-29-22)23(35)30-18-6-4-17(5-7-18)24(26,27)28/h4-7,14-15H,8-13H2,1-3H3,(H,30,35). The van der Waals surface area contributed by atoms with E-state index in [4.69, 9.17) is 11.6 Å². The van der Waals surface area contributed by atoms with Crippen LogP contribution in [0.25, 0.3) is 11.0 Å². The number of rotatable bonds is 6. The van der Waals surface area contributed by atoms with Crippen LogP contribution in [0.5, 0.6) is 0 Å². The zero-order valence-electron chi connectivity index (χ0n) is 19.9. The number of nitrogens with one attached hydrogen (secondary N) is 1. The zero-order chi connectivity index (χ0) is 25.3. The second-order valence-corrected chi connectivity index (χ2v) is 9.37. The summed E-state index contributed by atoms with van der Waals surface area (Å²) in [5, 5.41) is 7.98. The second-order valence-electron chi connectivity index (χ2n) is 8.99. The smallest absolute Gasteiger partial charge is 0.322 e. The summed E-state index contributed by atoms with van der Waals surface area (Å²) in [7, 11) is 0. The number of hydrogen-bond acceptors (Lipinski definition) is 5. The van der Waals surface area contributed by atoms with Crippen molar-refractivity contribution in [3.05, 3.63) is 52.3 Å². The summed E-state index contributed by atoms with van der Waals surface area (Å²) in [6, 6.07) is 4.77. The first-order chi connectivity index (χ1) is 16.5. The highest BCUT2D eigenvalue weighted by molar-refractivity contribution is 6.39. The van der Waals surface area contributed by atoms with Crippen molar-refractivity contribution in [3.8, 4) is 0 Å². The molecule has 1 N–H and O–H groups in total. The van der Waals surface area contributed by atoms with Gasteiger partial charge in [-0.3, -0.25) is 14.6 Å². The van der Waals surface area contributed by atoms with Gasteiger partial charge in [0.15, 0.2) is 5.65 Å². The molecule has 1 aromatic carbocycles. The fraction of sp³-hybridized carbons (Fsp3) is 0.458. The summed E-state index contributed by atoms with van der Waals surface area (Å²) in [6.07, 6.45) is -3.07. The predicted octanol–water partition coefficient (Wildman–Crippen LogP) is 4.69. The molecule has 0 bridgehead atoms. The number of fused-ring (bicyclic) bond motifs is 1. The summed E-state index contributed by atoms with van der Waals surface area (Å²) < 4.78 is 40.1. The summed E-state index contributed by atoms with van der Waals surface area (Å²) in [5.74, 6) is -0.556. The Morgan fingerprint density at radius 1 is 1.11 bits per heavy atom. The van der Waals surface area contributed by atoms with Crippen molar-refractivity contribution in [2.24, 2.45) is 0 Å². The zero-order valence-corrected chi connectivity index (χ0v) is 20.6. The molecule has 0 saturated carbocycles. The fourth-order valence-electron chi connectivity index (χ4n) is 4.27. The van der Waals surface area contributed by atoms with Crippen LogP contribution in [0.1, 0.15) is 35.5 Å². The van der Waals surface area contributed by atoms with Gasteiger partial charge in [-0.05, 0) is 45.0 Å². The molecule has 1 aliphatic heterocycles. The van der Waals surface area contributed by atoms with Crippen LogP contribution in [-0.4, -0.2) is 69.2 Å². The minimum Gasteiger partial charge on any atom is -0.322 e. The second kappa shape index (κ2) is 10.1. The molecule has 0 atom stereocenters. The number of aromatic nitrogens is 3. The maximum Gasteiger partial charge on any atom is 0.416 e. The number of anilines is 1. The number of benzene rings is 1. The number of alkyl halides is 3. The van der Waals surface area contributed by atoms with Crippen molar-refractivity contribution in [2.75, 3.05) is 38.0 Å². The van der Waals surface area contributed by atoms with E-state index in [2.05, 4.69) is 39.0 Å². The van der Waals surface area contributed by atoms with E-state index in [-0.39, 0.29) is 16.3 Å². The molecular weight excluding hydrogens is 481 g/mol. The van der Waals surface area contributed by atoms with Crippen LogP contribution in [-0.2, 0) is 12.7 Å². The Morgan fingerprint density at radius 3 is 2.37 bits per heavy atom. The Morgan fingerprint density at radius 2 is 1.77 bits per heavy atom. The highest BCUT2D eigenvalue weighted by Crippen LogP contribution is 2.31. The van der Waals surface area contributed by atoms with Gasteiger partial charge in [0.2, 0.25) is 0 Å². The van der Waals surface area contributed by atoms with Gasteiger partial charge >= 0.3 is 6.18 Å². The number of carbonyl (C=O) groups is 1. The normalized spacial score (nSPS) is 15.8. The molecule has 1 aliphatic rings. The van der Waals surface area contributed by atoms with E-state index >= 15 is 0 Å². The Kier molecular flexibility index (Phi) is 7.35. The first kappa shape index (κ1) is 25.4. The van der Waals surface area contributed by atoms with E-state index in [1.807, 2.05) is 11.6 Å². The molecule has 188 valence electrons. The van der Waals surface area contributed by atoms with Crippen LogP contribution in [0.3, 0.4) is 0 Å². The highest BCUT2D eigenvalue weighted by Gasteiger charge is 2.30. The molecule has 7 nitrogen and oxygen atoms in total. The van der Waals surface area contributed by atoms with Crippen LogP contribution in [0.4, 0.5) is 18.9 Å². The van der Waals surface area contributed by atoms with Gasteiger partial charge in [-0.2, -0.15) is 18.3 Å². The molecule has 3 aromatic rings. The minimum absolute atomic E-state index is 0.131. The van der Waals surface area contributed by atoms with E-state index in [9.17, 15) is 18.0 Å². The van der Waals surface area contributed by atoms with Gasteiger partial charge in [0.05, 0.1) is 33.8 Å². The maximum absolute atomic E-state index is 12.8. The van der Waals surface area contributed by atoms with E-state index in [1.54, 1.807) is 0 Å². The summed E-state index contributed by atoms with van der Waals surface area (Å²) in [6.45, 7) is 11.8. The average Bonchev–Trinajstić information content (AvgIpc) is 3.14. The van der Waals surface area contributed by atoms with E-state index < -0.39 is 17.6 Å². The summed E-state index contributed by atoms with van der Waals surface area (Å²) in [5.41, 5.74) is 0.822. The van der Waals surface area contributed by atoms with Gasteiger partial charge in [0.1, 0.15) is 0 Å². The van der Waals surface area contributed by atoms with Gasteiger partial charge < -0.3 is 5.32 Å². The highest BCUT2D eigenvalue weighted by atomic mass is 35.5. The minimum atomic E-state index is -4.44. The number of nitrogens with zero attached hydrogens (tertiary/aromatic N) is 5. The fourth-order valence-corrected chi connectivity index (χ4v) is 4.63. The van der Waals surface area contributed by atoms with E-state index in [0.29, 0.717) is 29.3 Å². The van der Waals surface area contributed by atoms with Crippen molar-refractivity contribution >= 4 is 34.2 Å². The number of amides is 1. The molecule has 11 heteroatoms. The molecule has 1 amide bonds. The largest absolute Gasteiger partial charge is 0.416 e. The third-order valence-corrected chi connectivity index (χ3v) is 6.75. The summed E-state index contributed by atoms with van der Waals surface area (Å²) >= 11 is 6.58. The van der Waals surface area contributed by atoms with Crippen LogP contribution >= 0.6 is 11.6 Å². The van der Waals surface area contributed by atoms with Crippen LogP contribution in [0, 0.1) is 6.92 Å². The predicted molar refractivity (Wildman–Crippen MR) is 130 cm³/mol. The topological polar surface area (TPSA) is 66.3 Å². The molecule has 0 spiro atoms. The van der Waals surface area contributed by atoms with Crippen molar-refractivity contribution in [1.82, 2.24) is 24.6 Å². The molecule has 2 aromatic heterocycles.